The van der Waals surface area contributed by atoms with Crippen molar-refractivity contribution in [2.24, 2.45) is 11.5 Å². The van der Waals surface area contributed by atoms with E-state index < -0.39 is 23.8 Å². The van der Waals surface area contributed by atoms with E-state index in [9.17, 15) is 19.2 Å². The van der Waals surface area contributed by atoms with Crippen LogP contribution in [0.25, 0.3) is 0 Å². The van der Waals surface area contributed by atoms with Crippen LogP contribution < -0.4 is 16.2 Å². The van der Waals surface area contributed by atoms with Crippen LogP contribution in [0.3, 0.4) is 0 Å². The van der Waals surface area contributed by atoms with Gasteiger partial charge in [-0.05, 0) is 29.7 Å². The van der Waals surface area contributed by atoms with Gasteiger partial charge in [-0.25, -0.2) is 4.68 Å². The van der Waals surface area contributed by atoms with Crippen LogP contribution in [0.5, 0.6) is 5.75 Å². The maximum absolute atomic E-state index is 13.0. The van der Waals surface area contributed by atoms with E-state index in [4.69, 9.17) is 16.2 Å². The van der Waals surface area contributed by atoms with Crippen molar-refractivity contribution in [2.45, 2.75) is 38.6 Å². The average Bonchev–Trinajstić information content (AvgIpc) is 3.48. The number of fused-ring (bicyclic) bond motifs is 1. The molecule has 4 N–H and O–H groups in total. The summed E-state index contributed by atoms with van der Waals surface area (Å²) in [6, 6.07) is 11.7. The van der Waals surface area contributed by atoms with Gasteiger partial charge in [0, 0.05) is 17.5 Å². The molecule has 12 nitrogen and oxygen atoms in total. The number of primary amides is 2. The van der Waals surface area contributed by atoms with Gasteiger partial charge in [0.25, 0.3) is 11.8 Å². The van der Waals surface area contributed by atoms with Gasteiger partial charge in [-0.15, -0.1) is 5.10 Å². The van der Waals surface area contributed by atoms with Gasteiger partial charge in [0.1, 0.15) is 24.1 Å². The Morgan fingerprint density at radius 1 is 1.08 bits per heavy atom. The summed E-state index contributed by atoms with van der Waals surface area (Å²) < 4.78 is 12.1. The summed E-state index contributed by atoms with van der Waals surface area (Å²) >= 11 is 0. The Labute approximate surface area is 212 Å². The molecule has 37 heavy (non-hydrogen) atoms. The molecule has 2 aromatic carbocycles. The lowest BCUT2D eigenvalue weighted by atomic mass is 10.1. The lowest BCUT2D eigenvalue weighted by Gasteiger charge is -2.24. The maximum Gasteiger partial charge on any atom is 0.305 e. The van der Waals surface area contributed by atoms with Crippen molar-refractivity contribution < 1.29 is 28.7 Å². The SMILES string of the molecule is COC(=O)CCC(C(N)=O)N1Cc2c(OCc3ccc(Cn4nncc4C(N)=O)cc3)cccc2C1=O. The highest BCUT2D eigenvalue weighted by molar-refractivity contribution is 6.01. The lowest BCUT2D eigenvalue weighted by Crippen LogP contribution is -2.45. The minimum absolute atomic E-state index is 0.0374. The first-order chi connectivity index (χ1) is 17.8. The molecular formula is C25H26N6O6. The molecule has 0 aliphatic carbocycles. The smallest absolute Gasteiger partial charge is 0.305 e. The highest BCUT2D eigenvalue weighted by Crippen LogP contribution is 2.33. The van der Waals surface area contributed by atoms with Crippen LogP contribution in [-0.2, 0) is 34.0 Å². The monoisotopic (exact) mass is 506 g/mol. The van der Waals surface area contributed by atoms with Gasteiger partial charge in [-0.3, -0.25) is 19.2 Å². The quantitative estimate of drug-likeness (QED) is 0.359. The van der Waals surface area contributed by atoms with Gasteiger partial charge in [0.2, 0.25) is 5.91 Å². The van der Waals surface area contributed by atoms with Crippen LogP contribution >= 0.6 is 0 Å². The van der Waals surface area contributed by atoms with Crippen LogP contribution in [0.2, 0.25) is 0 Å². The molecule has 3 aromatic rings. The van der Waals surface area contributed by atoms with Crippen molar-refractivity contribution in [2.75, 3.05) is 7.11 Å². The molecule has 0 saturated carbocycles. The third-order valence-corrected chi connectivity index (χ3v) is 6.13. The normalized spacial score (nSPS) is 13.2. The molecule has 0 fully saturated rings. The third kappa shape index (κ3) is 5.58. The van der Waals surface area contributed by atoms with E-state index in [1.54, 1.807) is 18.2 Å². The zero-order valence-corrected chi connectivity index (χ0v) is 20.1. The van der Waals surface area contributed by atoms with Crippen LogP contribution in [0.15, 0.2) is 48.7 Å². The van der Waals surface area contributed by atoms with E-state index in [-0.39, 0.29) is 37.6 Å². The number of methoxy groups -OCH3 is 1. The molecule has 12 heteroatoms. The van der Waals surface area contributed by atoms with Gasteiger partial charge in [-0.2, -0.15) is 0 Å². The Kier molecular flexibility index (Phi) is 7.47. The summed E-state index contributed by atoms with van der Waals surface area (Å²) in [6.07, 6.45) is 1.35. The fourth-order valence-corrected chi connectivity index (χ4v) is 4.16. The summed E-state index contributed by atoms with van der Waals surface area (Å²) in [5.74, 6) is -1.61. The largest absolute Gasteiger partial charge is 0.489 e. The number of carbonyl (C=O) groups excluding carboxylic acids is 4. The zero-order chi connectivity index (χ0) is 26.5. The Morgan fingerprint density at radius 2 is 1.81 bits per heavy atom. The number of benzene rings is 2. The molecule has 4 rings (SSSR count). The standard InChI is InChI=1S/C25H26N6O6/c1-36-22(32)10-9-19(23(26)33)30-13-18-17(25(30)35)3-2-4-21(18)37-14-16-7-5-15(6-8-16)12-31-20(24(27)34)11-28-29-31/h2-8,11,19H,9-10,12-14H2,1H3,(H2,26,33)(H2,27,34). The predicted molar refractivity (Wildman–Crippen MR) is 129 cm³/mol. The first-order valence-corrected chi connectivity index (χ1v) is 11.5. The molecule has 1 unspecified atom stereocenters. The van der Waals surface area contributed by atoms with Gasteiger partial charge in [0.05, 0.1) is 26.4 Å². The highest BCUT2D eigenvalue weighted by atomic mass is 16.5. The number of carbonyl (C=O) groups is 4. The van der Waals surface area contributed by atoms with Gasteiger partial charge in [-0.1, -0.05) is 35.5 Å². The van der Waals surface area contributed by atoms with Crippen molar-refractivity contribution in [1.82, 2.24) is 19.9 Å². The fraction of sp³-hybridized carbons (Fsp3) is 0.280. The minimum atomic E-state index is -0.945. The van der Waals surface area contributed by atoms with Crippen molar-refractivity contribution >= 4 is 23.7 Å². The molecule has 3 amide bonds. The first kappa shape index (κ1) is 25.4. The third-order valence-electron chi connectivity index (χ3n) is 6.13. The van der Waals surface area contributed by atoms with E-state index in [1.807, 2.05) is 24.3 Å². The van der Waals surface area contributed by atoms with E-state index in [2.05, 4.69) is 15.0 Å². The van der Waals surface area contributed by atoms with Crippen LogP contribution in [0.1, 0.15) is 50.4 Å². The van der Waals surface area contributed by atoms with E-state index in [0.29, 0.717) is 23.4 Å². The molecule has 2 heterocycles. The van der Waals surface area contributed by atoms with E-state index in [1.165, 1.54) is 22.9 Å². The molecule has 192 valence electrons. The summed E-state index contributed by atoms with van der Waals surface area (Å²) in [5.41, 5.74) is 13.9. The molecular weight excluding hydrogens is 480 g/mol. The summed E-state index contributed by atoms with van der Waals surface area (Å²) in [4.78, 5) is 49.5. The second-order valence-corrected chi connectivity index (χ2v) is 8.49. The predicted octanol–water partition coefficient (Wildman–Crippen LogP) is 0.767. The number of nitrogens with zero attached hydrogens (tertiary/aromatic N) is 4. The number of hydrogen-bond acceptors (Lipinski definition) is 8. The molecule has 1 atom stereocenters. The zero-order valence-electron chi connectivity index (χ0n) is 20.1. The van der Waals surface area contributed by atoms with Crippen molar-refractivity contribution in [3.05, 3.63) is 76.6 Å². The molecule has 0 saturated heterocycles. The molecule has 0 bridgehead atoms. The lowest BCUT2D eigenvalue weighted by molar-refractivity contribution is -0.141. The Morgan fingerprint density at radius 3 is 2.49 bits per heavy atom. The molecule has 1 aliphatic rings. The molecule has 0 radical (unpaired) electrons. The number of rotatable bonds is 11. The second-order valence-electron chi connectivity index (χ2n) is 8.49. The first-order valence-electron chi connectivity index (χ1n) is 11.5. The molecule has 0 spiro atoms. The van der Waals surface area contributed by atoms with Gasteiger partial charge in [0.15, 0.2) is 0 Å². The molecule has 1 aliphatic heterocycles. The number of nitrogens with two attached hydrogens (primary N) is 2. The Hall–Kier alpha value is -4.74. The van der Waals surface area contributed by atoms with Crippen LogP contribution in [0, 0.1) is 0 Å². The van der Waals surface area contributed by atoms with Crippen LogP contribution in [0.4, 0.5) is 0 Å². The fourth-order valence-electron chi connectivity index (χ4n) is 4.16. The van der Waals surface area contributed by atoms with Gasteiger partial charge < -0.3 is 25.8 Å². The second kappa shape index (κ2) is 10.9. The van der Waals surface area contributed by atoms with Crippen molar-refractivity contribution in [3.63, 3.8) is 0 Å². The highest BCUT2D eigenvalue weighted by Gasteiger charge is 2.37. The van der Waals surface area contributed by atoms with E-state index in [0.717, 1.165) is 11.1 Å². The number of amides is 3. The minimum Gasteiger partial charge on any atom is -0.489 e. The maximum atomic E-state index is 13.0. The number of aromatic nitrogens is 3. The Bertz CT molecular complexity index is 1340. The van der Waals surface area contributed by atoms with Crippen molar-refractivity contribution in [3.8, 4) is 5.75 Å². The summed E-state index contributed by atoms with van der Waals surface area (Å²) in [5, 5.41) is 7.60. The van der Waals surface area contributed by atoms with Crippen LogP contribution in [-0.4, -0.2) is 56.7 Å². The Balaban J connectivity index is 1.42. The average molecular weight is 507 g/mol. The number of ether oxygens (including phenoxy) is 2. The summed E-state index contributed by atoms with van der Waals surface area (Å²) in [7, 11) is 1.26. The topological polar surface area (TPSA) is 173 Å². The molecule has 1 aromatic heterocycles. The van der Waals surface area contributed by atoms with E-state index >= 15 is 0 Å². The number of esters is 1. The van der Waals surface area contributed by atoms with Crippen molar-refractivity contribution in [1.29, 1.82) is 0 Å². The number of hydrogen-bond donors (Lipinski definition) is 2. The van der Waals surface area contributed by atoms with Gasteiger partial charge >= 0.3 is 5.97 Å². The summed E-state index contributed by atoms with van der Waals surface area (Å²) in [6.45, 7) is 0.709.